The van der Waals surface area contributed by atoms with Crippen molar-refractivity contribution in [3.8, 4) is 0 Å². The molecule has 6 heteroatoms. The van der Waals surface area contributed by atoms with Crippen molar-refractivity contribution in [1.82, 2.24) is 10.6 Å². The largest absolute Gasteiger partial charge is 0.373 e. The van der Waals surface area contributed by atoms with Gasteiger partial charge < -0.3 is 4.74 Å². The van der Waals surface area contributed by atoms with Crippen molar-refractivity contribution in [2.45, 2.75) is 18.9 Å². The van der Waals surface area contributed by atoms with E-state index in [0.29, 0.717) is 6.61 Å². The number of carbonyl (C=O) groups is 3. The number of nitrogens with one attached hydrogen (secondary N) is 2. The first kappa shape index (κ1) is 10.8. The van der Waals surface area contributed by atoms with E-state index in [9.17, 15) is 14.4 Å². The fourth-order valence-corrected chi connectivity index (χ4v) is 1.85. The summed E-state index contributed by atoms with van der Waals surface area (Å²) in [6, 6.07) is -0.772. The van der Waals surface area contributed by atoms with E-state index in [4.69, 9.17) is 4.74 Å². The van der Waals surface area contributed by atoms with Gasteiger partial charge in [0.1, 0.15) is 5.41 Å². The molecule has 6 nitrogen and oxygen atoms in total. The molecule has 4 amide bonds. The quantitative estimate of drug-likeness (QED) is 0.390. The molecule has 0 aromatic rings. The van der Waals surface area contributed by atoms with Crippen molar-refractivity contribution in [1.29, 1.82) is 0 Å². The highest BCUT2D eigenvalue weighted by Crippen LogP contribution is 2.35. The molecule has 86 valence electrons. The summed E-state index contributed by atoms with van der Waals surface area (Å²) in [7, 11) is 0. The third-order valence-corrected chi connectivity index (χ3v) is 2.79. The van der Waals surface area contributed by atoms with E-state index in [1.54, 1.807) is 0 Å². The molecule has 0 bridgehead atoms. The molecule has 1 atom stereocenters. The van der Waals surface area contributed by atoms with Crippen LogP contribution >= 0.6 is 0 Å². The minimum Gasteiger partial charge on any atom is -0.373 e. The maximum absolute atomic E-state index is 11.8. The molecule has 0 radical (unpaired) electrons. The van der Waals surface area contributed by atoms with Crippen LogP contribution in [0.2, 0.25) is 0 Å². The topological polar surface area (TPSA) is 87.8 Å². The van der Waals surface area contributed by atoms with Gasteiger partial charge in [0, 0.05) is 0 Å². The van der Waals surface area contributed by atoms with E-state index in [1.165, 1.54) is 6.08 Å². The molecule has 2 saturated heterocycles. The Hall–Kier alpha value is -1.69. The van der Waals surface area contributed by atoms with Crippen molar-refractivity contribution in [3.63, 3.8) is 0 Å². The lowest BCUT2D eigenvalue weighted by Crippen LogP contribution is -2.62. The van der Waals surface area contributed by atoms with Crippen LogP contribution in [0, 0.1) is 5.41 Å². The zero-order chi connectivity index (χ0) is 11.8. The normalized spacial score (nSPS) is 27.0. The van der Waals surface area contributed by atoms with E-state index < -0.39 is 23.3 Å². The number of ether oxygens (including phenoxy) is 1. The number of imide groups is 2. The molecule has 2 aliphatic rings. The number of hydrogen-bond acceptors (Lipinski definition) is 4. The highest BCUT2D eigenvalue weighted by Gasteiger charge is 2.52. The van der Waals surface area contributed by atoms with Gasteiger partial charge in [0.15, 0.2) is 0 Å². The maximum atomic E-state index is 11.8. The van der Waals surface area contributed by atoms with Crippen LogP contribution in [0.5, 0.6) is 0 Å². The van der Waals surface area contributed by atoms with Crippen molar-refractivity contribution >= 4 is 17.8 Å². The number of allylic oxidation sites excluding steroid dienone is 1. The average molecular weight is 224 g/mol. The maximum Gasteiger partial charge on any atom is 0.328 e. The summed E-state index contributed by atoms with van der Waals surface area (Å²) >= 11 is 0. The number of rotatable bonds is 4. The highest BCUT2D eigenvalue weighted by atomic mass is 16.6. The van der Waals surface area contributed by atoms with E-state index in [-0.39, 0.29) is 18.9 Å². The summed E-state index contributed by atoms with van der Waals surface area (Å²) in [5.74, 6) is -1.15. The number of carbonyl (C=O) groups excluding carboxylic acids is 3. The third kappa shape index (κ3) is 1.71. The van der Waals surface area contributed by atoms with Gasteiger partial charge in [-0.1, -0.05) is 6.08 Å². The number of barbiturate groups is 1. The second-order valence-electron chi connectivity index (χ2n) is 3.97. The minimum atomic E-state index is -1.25. The molecule has 1 unspecified atom stereocenters. The molecular weight excluding hydrogens is 212 g/mol. The van der Waals surface area contributed by atoms with Gasteiger partial charge in [0.05, 0.1) is 12.7 Å². The fraction of sp³-hybridized carbons (Fsp3) is 0.500. The van der Waals surface area contributed by atoms with Crippen LogP contribution < -0.4 is 10.6 Å². The van der Waals surface area contributed by atoms with Gasteiger partial charge in [0.25, 0.3) is 0 Å². The van der Waals surface area contributed by atoms with E-state index in [1.807, 2.05) is 0 Å². The summed E-state index contributed by atoms with van der Waals surface area (Å²) in [6.07, 6.45) is 1.89. The fourth-order valence-electron chi connectivity index (χ4n) is 1.85. The van der Waals surface area contributed by atoms with Crippen LogP contribution in [0.1, 0.15) is 12.8 Å². The first-order chi connectivity index (χ1) is 7.58. The first-order valence-corrected chi connectivity index (χ1v) is 4.98. The molecule has 0 aromatic heterocycles. The van der Waals surface area contributed by atoms with Crippen LogP contribution in [0.4, 0.5) is 4.79 Å². The molecular formula is C10H12N2O4. The summed E-state index contributed by atoms with van der Waals surface area (Å²) in [4.78, 5) is 34.5. The number of hydrogen-bond donors (Lipinski definition) is 2. The van der Waals surface area contributed by atoms with Crippen LogP contribution in [-0.4, -0.2) is 30.6 Å². The van der Waals surface area contributed by atoms with Gasteiger partial charge in [-0.05, 0) is 12.8 Å². The van der Waals surface area contributed by atoms with Gasteiger partial charge in [-0.3, -0.25) is 20.2 Å². The summed E-state index contributed by atoms with van der Waals surface area (Å²) in [5.41, 5.74) is -1.25. The zero-order valence-electron chi connectivity index (χ0n) is 8.62. The second kappa shape index (κ2) is 3.71. The Morgan fingerprint density at radius 1 is 1.38 bits per heavy atom. The summed E-state index contributed by atoms with van der Waals surface area (Å²) < 4.78 is 5.03. The molecule has 16 heavy (non-hydrogen) atoms. The molecule has 2 fully saturated rings. The highest BCUT2D eigenvalue weighted by molar-refractivity contribution is 6.19. The SMILES string of the molecule is C=CCC1(CC2CO2)C(=O)NC(=O)NC1=O. The lowest BCUT2D eigenvalue weighted by atomic mass is 9.77. The van der Waals surface area contributed by atoms with Gasteiger partial charge in [0.2, 0.25) is 11.8 Å². The first-order valence-electron chi connectivity index (χ1n) is 4.98. The van der Waals surface area contributed by atoms with Gasteiger partial charge in [-0.2, -0.15) is 0 Å². The Morgan fingerprint density at radius 2 is 1.94 bits per heavy atom. The molecule has 2 rings (SSSR count). The smallest absolute Gasteiger partial charge is 0.328 e. The Balaban J connectivity index is 2.26. The monoisotopic (exact) mass is 224 g/mol. The Bertz CT molecular complexity index is 353. The summed E-state index contributed by atoms with van der Waals surface area (Å²) in [6.45, 7) is 4.08. The average Bonchev–Trinajstić information content (AvgIpc) is 2.98. The predicted molar refractivity (Wildman–Crippen MR) is 53.3 cm³/mol. The van der Waals surface area contributed by atoms with E-state index >= 15 is 0 Å². The van der Waals surface area contributed by atoms with Crippen molar-refractivity contribution < 1.29 is 19.1 Å². The second-order valence-corrected chi connectivity index (χ2v) is 3.97. The molecule has 0 aromatic carbocycles. The minimum absolute atomic E-state index is 0.0790. The Morgan fingerprint density at radius 3 is 2.38 bits per heavy atom. The molecule has 2 heterocycles. The molecule has 0 saturated carbocycles. The van der Waals surface area contributed by atoms with Gasteiger partial charge in [-0.25, -0.2) is 4.79 Å². The zero-order valence-corrected chi connectivity index (χ0v) is 8.62. The van der Waals surface area contributed by atoms with Crippen LogP contribution in [0.15, 0.2) is 12.7 Å². The van der Waals surface area contributed by atoms with Crippen molar-refractivity contribution in [2.24, 2.45) is 5.41 Å². The number of urea groups is 1. The number of amides is 4. The van der Waals surface area contributed by atoms with Crippen molar-refractivity contribution in [2.75, 3.05) is 6.61 Å². The lowest BCUT2D eigenvalue weighted by Gasteiger charge is -2.32. The predicted octanol–water partition coefficient (Wildman–Crippen LogP) is -0.296. The third-order valence-electron chi connectivity index (χ3n) is 2.79. The molecule has 0 aliphatic carbocycles. The summed E-state index contributed by atoms with van der Waals surface area (Å²) in [5, 5.41) is 4.21. The van der Waals surface area contributed by atoms with Crippen LogP contribution in [-0.2, 0) is 14.3 Å². The van der Waals surface area contributed by atoms with Crippen LogP contribution in [0.25, 0.3) is 0 Å². The van der Waals surface area contributed by atoms with Gasteiger partial charge >= 0.3 is 6.03 Å². The number of epoxide rings is 1. The van der Waals surface area contributed by atoms with Crippen LogP contribution in [0.3, 0.4) is 0 Å². The van der Waals surface area contributed by atoms with E-state index in [0.717, 1.165) is 0 Å². The standard InChI is InChI=1S/C10H12N2O4/c1-2-3-10(4-6-5-16-6)7(13)11-9(15)12-8(10)14/h2,6H,1,3-5H2,(H2,11,12,13,14,15). The molecule has 0 spiro atoms. The lowest BCUT2D eigenvalue weighted by molar-refractivity contribution is -0.145. The molecule has 2 aliphatic heterocycles. The van der Waals surface area contributed by atoms with Gasteiger partial charge in [-0.15, -0.1) is 6.58 Å². The van der Waals surface area contributed by atoms with Crippen molar-refractivity contribution in [3.05, 3.63) is 12.7 Å². The molecule has 2 N–H and O–H groups in total. The van der Waals surface area contributed by atoms with E-state index in [2.05, 4.69) is 17.2 Å². The Kier molecular flexibility index (Phi) is 2.51. The Labute approximate surface area is 92.0 Å².